The molecule has 0 amide bonds. The molecule has 1 aromatic carbocycles. The molecule has 0 fully saturated rings. The van der Waals surface area contributed by atoms with Crippen molar-refractivity contribution in [2.45, 2.75) is 64.2 Å². The van der Waals surface area contributed by atoms with E-state index in [1.54, 1.807) is 0 Å². The van der Waals surface area contributed by atoms with E-state index in [9.17, 15) is 0 Å². The fraction of sp³-hybridized carbons (Fsp3) is 0.316. The van der Waals surface area contributed by atoms with Gasteiger partial charge in [0.05, 0.1) is 28.8 Å². The number of nitrogens with zero attached hydrogens (tertiary/aromatic N) is 6. The summed E-state index contributed by atoms with van der Waals surface area (Å²) in [5.41, 5.74) is 11.6. The Morgan fingerprint density at radius 3 is 2.14 bits per heavy atom. The van der Waals surface area contributed by atoms with Crippen molar-refractivity contribution in [2.75, 3.05) is 13.1 Å². The van der Waals surface area contributed by atoms with Crippen LogP contribution in [0.4, 0.5) is 0 Å². The lowest BCUT2D eigenvalue weighted by Gasteiger charge is -2.35. The first-order valence-corrected chi connectivity index (χ1v) is 16.1. The number of rotatable bonds is 12. The highest BCUT2D eigenvalue weighted by Crippen LogP contribution is 2.39. The molecule has 7 rings (SSSR count). The van der Waals surface area contributed by atoms with Crippen LogP contribution in [0.15, 0.2) is 104 Å². The summed E-state index contributed by atoms with van der Waals surface area (Å²) in [6, 6.07) is 28.0. The van der Waals surface area contributed by atoms with Crippen LogP contribution in [0.1, 0.15) is 71.2 Å². The summed E-state index contributed by atoms with van der Waals surface area (Å²) in [4.78, 5) is 24.3. The molecule has 0 bridgehead atoms. The first kappa shape index (κ1) is 28.5. The topological polar surface area (TPSA) is 58.0 Å². The quantitative estimate of drug-likeness (QED) is 0.143. The molecule has 44 heavy (non-hydrogen) atoms. The summed E-state index contributed by atoms with van der Waals surface area (Å²) in [5, 5.41) is 0. The zero-order chi connectivity index (χ0) is 29.6. The summed E-state index contributed by atoms with van der Waals surface area (Å²) in [7, 11) is 0. The van der Waals surface area contributed by atoms with Gasteiger partial charge in [-0.05, 0) is 109 Å². The maximum absolute atomic E-state index is 4.99. The molecule has 5 aromatic rings. The zero-order valence-electron chi connectivity index (χ0n) is 25.4. The van der Waals surface area contributed by atoms with E-state index in [1.165, 1.54) is 45.6 Å². The second-order valence-corrected chi connectivity index (χ2v) is 12.1. The van der Waals surface area contributed by atoms with Crippen molar-refractivity contribution in [1.82, 2.24) is 29.7 Å². The molecule has 0 saturated heterocycles. The van der Waals surface area contributed by atoms with Crippen molar-refractivity contribution < 1.29 is 0 Å². The molecule has 0 N–H and O–H groups in total. The van der Waals surface area contributed by atoms with Crippen LogP contribution in [0.3, 0.4) is 0 Å². The van der Waals surface area contributed by atoms with Crippen LogP contribution in [0.25, 0.3) is 11.1 Å². The van der Waals surface area contributed by atoms with Gasteiger partial charge in [0.15, 0.2) is 0 Å². The van der Waals surface area contributed by atoms with Gasteiger partial charge < -0.3 is 0 Å². The lowest BCUT2D eigenvalue weighted by Crippen LogP contribution is -2.34. The highest BCUT2D eigenvalue weighted by molar-refractivity contribution is 5.77. The van der Waals surface area contributed by atoms with Gasteiger partial charge in [0.25, 0.3) is 0 Å². The average molecular weight is 581 g/mol. The van der Waals surface area contributed by atoms with Crippen LogP contribution in [-0.2, 0) is 32.5 Å². The molecule has 1 atom stereocenters. The van der Waals surface area contributed by atoms with Crippen LogP contribution in [0, 0.1) is 0 Å². The smallest absolute Gasteiger partial charge is 0.0607 e. The zero-order valence-corrected chi connectivity index (χ0v) is 25.4. The Kier molecular flexibility index (Phi) is 8.80. The van der Waals surface area contributed by atoms with E-state index in [4.69, 9.17) is 9.97 Å². The summed E-state index contributed by atoms with van der Waals surface area (Å²) < 4.78 is 0. The van der Waals surface area contributed by atoms with Crippen molar-refractivity contribution in [3.05, 3.63) is 143 Å². The van der Waals surface area contributed by atoms with Crippen LogP contribution < -0.4 is 0 Å². The van der Waals surface area contributed by atoms with Crippen molar-refractivity contribution >= 4 is 0 Å². The van der Waals surface area contributed by atoms with Gasteiger partial charge in [-0.1, -0.05) is 42.5 Å². The number of aryl methyl sites for hydroxylation is 1. The van der Waals surface area contributed by atoms with Gasteiger partial charge in [-0.2, -0.15) is 0 Å². The van der Waals surface area contributed by atoms with E-state index in [-0.39, 0.29) is 0 Å². The number of hydrogen-bond donors (Lipinski definition) is 0. The van der Waals surface area contributed by atoms with E-state index in [0.717, 1.165) is 76.2 Å². The summed E-state index contributed by atoms with van der Waals surface area (Å²) in [5.74, 6) is 0. The van der Waals surface area contributed by atoms with Gasteiger partial charge in [0.2, 0.25) is 0 Å². The average Bonchev–Trinajstić information content (AvgIpc) is 3.46. The molecule has 2 aliphatic rings. The number of unbranched alkanes of at least 4 members (excludes halogenated alkanes) is 1. The minimum atomic E-state index is 0.319. The second-order valence-electron chi connectivity index (χ2n) is 12.1. The molecule has 6 nitrogen and oxygen atoms in total. The molecule has 4 aromatic heterocycles. The van der Waals surface area contributed by atoms with E-state index in [0.29, 0.717) is 6.04 Å². The van der Waals surface area contributed by atoms with E-state index in [2.05, 4.69) is 86.5 Å². The first-order chi connectivity index (χ1) is 21.8. The van der Waals surface area contributed by atoms with Crippen LogP contribution in [-0.4, -0.2) is 42.8 Å². The van der Waals surface area contributed by atoms with Gasteiger partial charge in [0.1, 0.15) is 0 Å². The normalized spacial score (nSPS) is 15.3. The number of aromatic nitrogens is 4. The standard InChI is InChI=1S/C38H40N6/c1-2-16-33-30(11-1)25-35-34(33)18-22-41-36(35)28-44(37-17-9-12-29-13-10-21-42-38(29)37)24-8-7-23-43(26-31-14-3-5-19-39-31)27-32-15-4-6-20-40-32/h1-6,10-11,13-16,18-22,37H,7-9,12,17,23-28H2. The van der Waals surface area contributed by atoms with Crippen LogP contribution in [0.2, 0.25) is 0 Å². The minimum absolute atomic E-state index is 0.319. The summed E-state index contributed by atoms with van der Waals surface area (Å²) in [6.07, 6.45) is 14.4. The Bertz CT molecular complexity index is 1630. The molecular formula is C38H40N6. The molecule has 4 heterocycles. The molecule has 1 unspecified atom stereocenters. The molecule has 0 aliphatic heterocycles. The van der Waals surface area contributed by atoms with Crippen molar-refractivity contribution in [3.63, 3.8) is 0 Å². The number of hydrogen-bond acceptors (Lipinski definition) is 6. The third-order valence-electron chi connectivity index (χ3n) is 9.17. The Labute approximate surface area is 260 Å². The number of fused-ring (bicyclic) bond motifs is 4. The monoisotopic (exact) mass is 580 g/mol. The van der Waals surface area contributed by atoms with Crippen molar-refractivity contribution in [2.24, 2.45) is 0 Å². The largest absolute Gasteiger partial charge is 0.292 e. The van der Waals surface area contributed by atoms with Gasteiger partial charge >= 0.3 is 0 Å². The summed E-state index contributed by atoms with van der Waals surface area (Å²) in [6.45, 7) is 4.50. The third-order valence-corrected chi connectivity index (χ3v) is 9.17. The highest BCUT2D eigenvalue weighted by atomic mass is 15.2. The minimum Gasteiger partial charge on any atom is -0.292 e. The highest BCUT2D eigenvalue weighted by Gasteiger charge is 2.29. The van der Waals surface area contributed by atoms with Crippen LogP contribution >= 0.6 is 0 Å². The molecular weight excluding hydrogens is 540 g/mol. The van der Waals surface area contributed by atoms with Crippen molar-refractivity contribution in [1.29, 1.82) is 0 Å². The summed E-state index contributed by atoms with van der Waals surface area (Å²) >= 11 is 0. The molecule has 0 saturated carbocycles. The van der Waals surface area contributed by atoms with E-state index in [1.807, 2.05) is 36.9 Å². The van der Waals surface area contributed by atoms with Gasteiger partial charge in [-0.3, -0.25) is 29.7 Å². The van der Waals surface area contributed by atoms with E-state index < -0.39 is 0 Å². The Morgan fingerprint density at radius 2 is 1.34 bits per heavy atom. The lowest BCUT2D eigenvalue weighted by molar-refractivity contribution is 0.155. The van der Waals surface area contributed by atoms with Crippen LogP contribution in [0.5, 0.6) is 0 Å². The fourth-order valence-electron chi connectivity index (χ4n) is 7.03. The lowest BCUT2D eigenvalue weighted by atomic mass is 9.90. The molecule has 0 spiro atoms. The predicted molar refractivity (Wildman–Crippen MR) is 175 cm³/mol. The first-order valence-electron chi connectivity index (χ1n) is 16.1. The molecule has 2 aliphatic carbocycles. The predicted octanol–water partition coefficient (Wildman–Crippen LogP) is 7.20. The maximum atomic E-state index is 4.99. The third kappa shape index (κ3) is 6.47. The number of pyridine rings is 4. The SMILES string of the molecule is c1ccc(CN(CCCCN(Cc2nccc3c2Cc2ccccc2-3)C2CCCc3cccnc32)Cc2ccccn2)nc1. The molecule has 222 valence electrons. The van der Waals surface area contributed by atoms with Gasteiger partial charge in [-0.15, -0.1) is 0 Å². The fourth-order valence-corrected chi connectivity index (χ4v) is 7.03. The second kappa shape index (κ2) is 13.6. The molecule has 0 radical (unpaired) electrons. The maximum Gasteiger partial charge on any atom is 0.0607 e. The molecule has 6 heteroatoms. The van der Waals surface area contributed by atoms with Crippen molar-refractivity contribution in [3.8, 4) is 11.1 Å². The van der Waals surface area contributed by atoms with Gasteiger partial charge in [0, 0.05) is 50.8 Å². The van der Waals surface area contributed by atoms with Gasteiger partial charge in [-0.25, -0.2) is 0 Å². The van der Waals surface area contributed by atoms with E-state index >= 15 is 0 Å². The Morgan fingerprint density at radius 1 is 0.614 bits per heavy atom. The Balaban J connectivity index is 1.09. The number of benzene rings is 1. The Hall–Kier alpha value is -4.26.